The summed E-state index contributed by atoms with van der Waals surface area (Å²) >= 11 is 7.41. The molecule has 5 nitrogen and oxygen atoms in total. The summed E-state index contributed by atoms with van der Waals surface area (Å²) in [5.74, 6) is 1.21. The highest BCUT2D eigenvalue weighted by molar-refractivity contribution is 7.19. The number of rotatable bonds is 3. The molecular formula is C15H15ClN4OS. The summed E-state index contributed by atoms with van der Waals surface area (Å²) in [6.07, 6.45) is 1.66. The molecule has 2 amide bonds. The number of anilines is 1. The fourth-order valence-electron chi connectivity index (χ4n) is 3.02. The van der Waals surface area contributed by atoms with Crippen molar-refractivity contribution in [3.05, 3.63) is 34.8 Å². The fraction of sp³-hybridized carbons (Fsp3) is 0.333. The number of carbonyl (C=O) groups is 1. The second-order valence-corrected chi connectivity index (χ2v) is 7.36. The lowest BCUT2D eigenvalue weighted by atomic mass is 10.3. The number of carbonyl (C=O) groups excluding carboxylic acids is 1. The van der Waals surface area contributed by atoms with E-state index in [4.69, 9.17) is 11.6 Å². The average molecular weight is 335 g/mol. The number of thiophene rings is 1. The van der Waals surface area contributed by atoms with Crippen molar-refractivity contribution in [3.63, 3.8) is 0 Å². The third kappa shape index (κ3) is 2.69. The van der Waals surface area contributed by atoms with Gasteiger partial charge in [0.1, 0.15) is 0 Å². The van der Waals surface area contributed by atoms with E-state index in [1.807, 2.05) is 24.3 Å². The van der Waals surface area contributed by atoms with E-state index in [1.165, 1.54) is 11.3 Å². The molecule has 0 radical (unpaired) electrons. The van der Waals surface area contributed by atoms with E-state index in [0.29, 0.717) is 23.6 Å². The minimum absolute atomic E-state index is 0.159. The van der Waals surface area contributed by atoms with Crippen LogP contribution in [0, 0.1) is 11.8 Å². The van der Waals surface area contributed by atoms with Gasteiger partial charge in [0.2, 0.25) is 0 Å². The Hall–Kier alpha value is -1.63. The zero-order chi connectivity index (χ0) is 15.1. The molecule has 2 fully saturated rings. The van der Waals surface area contributed by atoms with Gasteiger partial charge in [-0.1, -0.05) is 11.6 Å². The molecule has 1 aliphatic heterocycles. The minimum atomic E-state index is -0.159. The highest BCUT2D eigenvalue weighted by Gasteiger charge is 2.53. The smallest absolute Gasteiger partial charge is 0.319 e. The number of hydrogen-bond acceptors (Lipinski definition) is 4. The van der Waals surface area contributed by atoms with E-state index < -0.39 is 0 Å². The van der Waals surface area contributed by atoms with Crippen LogP contribution in [0.2, 0.25) is 4.34 Å². The number of hydrogen-bond donors (Lipinski definition) is 3. The standard InChI is InChI=1S/C15H15ClN4OS/c16-13-4-3-12(22-13)11-2-1-8(5-18-11)19-15(21)20-14-9-6-17-7-10(9)14/h1-5,9-10,14,17H,6-7H2,(H2,19,20,21)/t9-,10+,14?. The van der Waals surface area contributed by atoms with Crippen molar-refractivity contribution in [2.24, 2.45) is 11.8 Å². The number of nitrogens with zero attached hydrogens (tertiary/aromatic N) is 1. The number of amides is 2. The molecule has 22 heavy (non-hydrogen) atoms. The summed E-state index contributed by atoms with van der Waals surface area (Å²) in [5, 5.41) is 9.16. The molecule has 2 aliphatic rings. The van der Waals surface area contributed by atoms with Crippen LogP contribution in [-0.2, 0) is 0 Å². The van der Waals surface area contributed by atoms with Gasteiger partial charge in [-0.25, -0.2) is 4.79 Å². The van der Waals surface area contributed by atoms with Crippen molar-refractivity contribution in [3.8, 4) is 10.6 Å². The lowest BCUT2D eigenvalue weighted by Crippen LogP contribution is -2.35. The first kappa shape index (κ1) is 14.0. The number of aromatic nitrogens is 1. The Labute approximate surface area is 137 Å². The normalized spacial score (nSPS) is 25.6. The topological polar surface area (TPSA) is 66.0 Å². The second-order valence-electron chi connectivity index (χ2n) is 5.65. The Bertz CT molecular complexity index is 692. The van der Waals surface area contributed by atoms with Crippen molar-refractivity contribution < 1.29 is 4.79 Å². The number of piperidine rings is 1. The van der Waals surface area contributed by atoms with E-state index in [2.05, 4.69) is 20.9 Å². The molecule has 4 rings (SSSR count). The van der Waals surface area contributed by atoms with Crippen LogP contribution in [0.25, 0.3) is 10.6 Å². The largest absolute Gasteiger partial charge is 0.334 e. The highest BCUT2D eigenvalue weighted by atomic mass is 35.5. The molecule has 1 saturated carbocycles. The summed E-state index contributed by atoms with van der Waals surface area (Å²) in [5.41, 5.74) is 1.54. The minimum Gasteiger partial charge on any atom is -0.334 e. The maximum Gasteiger partial charge on any atom is 0.319 e. The van der Waals surface area contributed by atoms with Crippen molar-refractivity contribution in [2.45, 2.75) is 6.04 Å². The van der Waals surface area contributed by atoms with E-state index in [0.717, 1.165) is 28.0 Å². The predicted octanol–water partition coefficient (Wildman–Crippen LogP) is 2.80. The quantitative estimate of drug-likeness (QED) is 0.808. The van der Waals surface area contributed by atoms with E-state index in [-0.39, 0.29) is 6.03 Å². The molecule has 3 atom stereocenters. The van der Waals surface area contributed by atoms with Crippen molar-refractivity contribution >= 4 is 34.7 Å². The first-order valence-electron chi connectivity index (χ1n) is 7.21. The molecule has 7 heteroatoms. The molecule has 2 aromatic heterocycles. The van der Waals surface area contributed by atoms with Crippen LogP contribution < -0.4 is 16.0 Å². The molecule has 1 unspecified atom stereocenters. The van der Waals surface area contributed by atoms with Crippen LogP contribution in [0.15, 0.2) is 30.5 Å². The lowest BCUT2D eigenvalue weighted by molar-refractivity contribution is 0.250. The molecule has 3 N–H and O–H groups in total. The molecule has 0 spiro atoms. The van der Waals surface area contributed by atoms with Gasteiger partial charge in [0, 0.05) is 19.1 Å². The third-order valence-electron chi connectivity index (χ3n) is 4.24. The fourth-order valence-corrected chi connectivity index (χ4v) is 4.04. The van der Waals surface area contributed by atoms with Gasteiger partial charge in [0.05, 0.1) is 26.8 Å². The van der Waals surface area contributed by atoms with Crippen molar-refractivity contribution in [2.75, 3.05) is 18.4 Å². The third-order valence-corrected chi connectivity index (χ3v) is 5.49. The summed E-state index contributed by atoms with van der Waals surface area (Å²) in [7, 11) is 0. The SMILES string of the molecule is O=C(Nc1ccc(-c2ccc(Cl)s2)nc1)NC1[C@H]2CNC[C@@H]12. The van der Waals surface area contributed by atoms with Crippen LogP contribution in [0.3, 0.4) is 0 Å². The van der Waals surface area contributed by atoms with Gasteiger partial charge in [0.15, 0.2) is 0 Å². The van der Waals surface area contributed by atoms with Crippen LogP contribution in [0.4, 0.5) is 10.5 Å². The second kappa shape index (κ2) is 5.53. The maximum atomic E-state index is 12.0. The number of nitrogens with one attached hydrogen (secondary N) is 3. The zero-order valence-electron chi connectivity index (χ0n) is 11.7. The van der Waals surface area contributed by atoms with Gasteiger partial charge < -0.3 is 16.0 Å². The Kier molecular flexibility index (Phi) is 3.52. The summed E-state index contributed by atoms with van der Waals surface area (Å²) in [6, 6.07) is 7.69. The van der Waals surface area contributed by atoms with Gasteiger partial charge in [-0.15, -0.1) is 11.3 Å². The molecule has 2 aromatic rings. The lowest BCUT2D eigenvalue weighted by Gasteiger charge is -2.09. The molecule has 1 aliphatic carbocycles. The van der Waals surface area contributed by atoms with Crippen LogP contribution >= 0.6 is 22.9 Å². The maximum absolute atomic E-state index is 12.0. The van der Waals surface area contributed by atoms with Crippen LogP contribution in [0.1, 0.15) is 0 Å². The number of fused-ring (bicyclic) bond motifs is 1. The molecule has 0 bridgehead atoms. The van der Waals surface area contributed by atoms with E-state index >= 15 is 0 Å². The zero-order valence-corrected chi connectivity index (χ0v) is 13.2. The first-order chi connectivity index (χ1) is 10.7. The Morgan fingerprint density at radius 1 is 1.27 bits per heavy atom. The predicted molar refractivity (Wildman–Crippen MR) is 88.4 cm³/mol. The Balaban J connectivity index is 1.36. The van der Waals surface area contributed by atoms with Crippen molar-refractivity contribution in [1.82, 2.24) is 15.6 Å². The Morgan fingerprint density at radius 3 is 2.73 bits per heavy atom. The molecule has 3 heterocycles. The van der Waals surface area contributed by atoms with Gasteiger partial charge in [-0.05, 0) is 36.1 Å². The van der Waals surface area contributed by atoms with Gasteiger partial charge in [0.25, 0.3) is 0 Å². The van der Waals surface area contributed by atoms with Crippen LogP contribution in [-0.4, -0.2) is 30.1 Å². The number of halogens is 1. The highest BCUT2D eigenvalue weighted by Crippen LogP contribution is 2.41. The summed E-state index contributed by atoms with van der Waals surface area (Å²) < 4.78 is 0.739. The van der Waals surface area contributed by atoms with Gasteiger partial charge in [-0.2, -0.15) is 0 Å². The molecule has 114 valence electrons. The molecule has 1 saturated heterocycles. The van der Waals surface area contributed by atoms with Crippen molar-refractivity contribution in [1.29, 1.82) is 0 Å². The van der Waals surface area contributed by atoms with Crippen LogP contribution in [0.5, 0.6) is 0 Å². The number of pyridine rings is 1. The Morgan fingerprint density at radius 2 is 2.09 bits per heavy atom. The summed E-state index contributed by atoms with van der Waals surface area (Å²) in [4.78, 5) is 17.3. The first-order valence-corrected chi connectivity index (χ1v) is 8.40. The van der Waals surface area contributed by atoms with E-state index in [1.54, 1.807) is 6.20 Å². The monoisotopic (exact) mass is 334 g/mol. The van der Waals surface area contributed by atoms with Gasteiger partial charge >= 0.3 is 6.03 Å². The average Bonchev–Trinajstić information content (AvgIpc) is 2.89. The number of urea groups is 1. The molecular weight excluding hydrogens is 320 g/mol. The molecule has 0 aromatic carbocycles. The van der Waals surface area contributed by atoms with Gasteiger partial charge in [-0.3, -0.25) is 4.98 Å². The van der Waals surface area contributed by atoms with E-state index in [9.17, 15) is 4.79 Å². The summed E-state index contributed by atoms with van der Waals surface area (Å²) in [6.45, 7) is 2.02.